The molecule has 3 nitrogen and oxygen atoms in total. The predicted octanol–water partition coefficient (Wildman–Crippen LogP) is 3.35. The molecule has 0 amide bonds. The van der Waals surface area contributed by atoms with Gasteiger partial charge in [0.15, 0.2) is 5.82 Å². The highest BCUT2D eigenvalue weighted by molar-refractivity contribution is 5.91. The van der Waals surface area contributed by atoms with E-state index < -0.39 is 11.6 Å². The number of anilines is 1. The third-order valence-electron chi connectivity index (χ3n) is 2.92. The molecule has 1 N–H and O–H groups in total. The average Bonchev–Trinajstić information content (AvgIpc) is 2.37. The summed E-state index contributed by atoms with van der Waals surface area (Å²) in [4.78, 5) is 3.95. The summed E-state index contributed by atoms with van der Waals surface area (Å²) in [5, 5.41) is 3.67. The molecule has 5 heteroatoms. The molecule has 1 aromatic heterocycles. The zero-order valence-electron chi connectivity index (χ0n) is 10.9. The van der Waals surface area contributed by atoms with Crippen molar-refractivity contribution < 1.29 is 13.5 Å². The molecule has 2 aromatic rings. The Morgan fingerprint density at radius 1 is 1.37 bits per heavy atom. The minimum atomic E-state index is -0.650. The van der Waals surface area contributed by atoms with Gasteiger partial charge < -0.3 is 10.1 Å². The van der Waals surface area contributed by atoms with Crippen LogP contribution in [0.4, 0.5) is 14.5 Å². The normalized spacial score (nSPS) is 12.6. The number of methoxy groups -OCH3 is 1. The Bertz CT molecular complexity index is 575. The van der Waals surface area contributed by atoms with Crippen LogP contribution in [0.3, 0.4) is 0 Å². The molecule has 0 saturated heterocycles. The SMILES string of the molecule is COCCC(C)Nc1ccnc2c(F)cc(F)cc12. The molecule has 102 valence electrons. The lowest BCUT2D eigenvalue weighted by atomic mass is 10.1. The second kappa shape index (κ2) is 5.93. The van der Waals surface area contributed by atoms with Crippen LogP contribution >= 0.6 is 0 Å². The van der Waals surface area contributed by atoms with Crippen LogP contribution < -0.4 is 5.32 Å². The van der Waals surface area contributed by atoms with Crippen molar-refractivity contribution >= 4 is 16.6 Å². The van der Waals surface area contributed by atoms with Crippen molar-refractivity contribution in [3.05, 3.63) is 36.0 Å². The van der Waals surface area contributed by atoms with Gasteiger partial charge in [0.25, 0.3) is 0 Å². The van der Waals surface area contributed by atoms with Crippen molar-refractivity contribution in [3.63, 3.8) is 0 Å². The van der Waals surface area contributed by atoms with E-state index in [2.05, 4.69) is 10.3 Å². The van der Waals surface area contributed by atoms with E-state index in [1.54, 1.807) is 13.2 Å². The molecule has 0 fully saturated rings. The van der Waals surface area contributed by atoms with Crippen molar-refractivity contribution in [3.8, 4) is 0 Å². The van der Waals surface area contributed by atoms with Gasteiger partial charge in [-0.15, -0.1) is 0 Å². The molecule has 1 aromatic carbocycles. The maximum absolute atomic E-state index is 13.6. The van der Waals surface area contributed by atoms with Gasteiger partial charge in [-0.1, -0.05) is 0 Å². The lowest BCUT2D eigenvalue weighted by Crippen LogP contribution is -2.17. The second-order valence-corrected chi connectivity index (χ2v) is 4.47. The van der Waals surface area contributed by atoms with Crippen molar-refractivity contribution in [2.75, 3.05) is 19.0 Å². The number of nitrogens with zero attached hydrogens (tertiary/aromatic N) is 1. The highest BCUT2D eigenvalue weighted by Gasteiger charge is 2.10. The summed E-state index contributed by atoms with van der Waals surface area (Å²) in [6.45, 7) is 2.61. The lowest BCUT2D eigenvalue weighted by molar-refractivity contribution is 0.191. The van der Waals surface area contributed by atoms with Gasteiger partial charge in [0.1, 0.15) is 11.3 Å². The van der Waals surface area contributed by atoms with Crippen LogP contribution in [0.25, 0.3) is 10.9 Å². The molecule has 0 bridgehead atoms. The van der Waals surface area contributed by atoms with E-state index in [0.717, 1.165) is 12.5 Å². The van der Waals surface area contributed by atoms with E-state index in [1.807, 2.05) is 6.92 Å². The molecular weight excluding hydrogens is 250 g/mol. The fourth-order valence-electron chi connectivity index (χ4n) is 1.94. The van der Waals surface area contributed by atoms with Crippen LogP contribution in [0.15, 0.2) is 24.4 Å². The lowest BCUT2D eigenvalue weighted by Gasteiger charge is -2.16. The molecule has 0 aliphatic carbocycles. The number of benzene rings is 1. The van der Waals surface area contributed by atoms with Crippen LogP contribution in [-0.2, 0) is 4.74 Å². The van der Waals surface area contributed by atoms with Crippen molar-refractivity contribution in [2.45, 2.75) is 19.4 Å². The second-order valence-electron chi connectivity index (χ2n) is 4.47. The maximum atomic E-state index is 13.6. The fraction of sp³-hybridized carbons (Fsp3) is 0.357. The standard InChI is InChI=1S/C14H16F2N2O/c1-9(4-6-19-2)18-13-3-5-17-14-11(13)7-10(15)8-12(14)16/h3,5,7-9H,4,6H2,1-2H3,(H,17,18). The first-order valence-corrected chi connectivity index (χ1v) is 6.11. The number of fused-ring (bicyclic) bond motifs is 1. The van der Waals surface area contributed by atoms with Gasteiger partial charge in [-0.05, 0) is 25.5 Å². The number of hydrogen-bond acceptors (Lipinski definition) is 3. The van der Waals surface area contributed by atoms with Crippen molar-refractivity contribution in [1.29, 1.82) is 0 Å². The Morgan fingerprint density at radius 2 is 2.16 bits per heavy atom. The first-order chi connectivity index (χ1) is 9.11. The van der Waals surface area contributed by atoms with Crippen molar-refractivity contribution in [2.24, 2.45) is 0 Å². The molecule has 1 atom stereocenters. The van der Waals surface area contributed by atoms with Gasteiger partial charge in [0.2, 0.25) is 0 Å². The first-order valence-electron chi connectivity index (χ1n) is 6.11. The molecule has 0 radical (unpaired) electrons. The Labute approximate surface area is 110 Å². The van der Waals surface area contributed by atoms with E-state index in [1.165, 1.54) is 12.3 Å². The molecule has 1 heterocycles. The van der Waals surface area contributed by atoms with Gasteiger partial charge in [-0.25, -0.2) is 8.78 Å². The summed E-state index contributed by atoms with van der Waals surface area (Å²) in [7, 11) is 1.64. The average molecular weight is 266 g/mol. The number of nitrogens with one attached hydrogen (secondary N) is 1. The Kier molecular flexibility index (Phi) is 4.27. The summed E-state index contributed by atoms with van der Waals surface area (Å²) < 4.78 is 31.9. The van der Waals surface area contributed by atoms with E-state index in [-0.39, 0.29) is 11.6 Å². The van der Waals surface area contributed by atoms with E-state index in [9.17, 15) is 8.78 Å². The van der Waals surface area contributed by atoms with Crippen LogP contribution in [0.5, 0.6) is 0 Å². The third kappa shape index (κ3) is 3.17. The monoisotopic (exact) mass is 266 g/mol. The molecule has 0 aliphatic rings. The molecule has 0 aliphatic heterocycles. The van der Waals surface area contributed by atoms with Crippen LogP contribution in [-0.4, -0.2) is 24.7 Å². The van der Waals surface area contributed by atoms with Gasteiger partial charge in [0.05, 0.1) is 0 Å². The minimum Gasteiger partial charge on any atom is -0.385 e. The molecule has 0 spiro atoms. The molecule has 1 unspecified atom stereocenters. The van der Waals surface area contributed by atoms with Crippen LogP contribution in [0.2, 0.25) is 0 Å². The number of aromatic nitrogens is 1. The topological polar surface area (TPSA) is 34.1 Å². The Hall–Kier alpha value is -1.75. The van der Waals surface area contributed by atoms with Crippen LogP contribution in [0, 0.1) is 11.6 Å². The summed E-state index contributed by atoms with van der Waals surface area (Å²) in [5.41, 5.74) is 0.845. The predicted molar refractivity (Wildman–Crippen MR) is 71.2 cm³/mol. The molecule has 19 heavy (non-hydrogen) atoms. The molecular formula is C14H16F2N2O. The Balaban J connectivity index is 2.33. The summed E-state index contributed by atoms with van der Waals surface area (Å²) >= 11 is 0. The van der Waals surface area contributed by atoms with E-state index in [4.69, 9.17) is 4.74 Å². The number of rotatable bonds is 5. The number of pyridine rings is 1. The summed E-state index contributed by atoms with van der Waals surface area (Å²) in [5.74, 6) is -1.26. The van der Waals surface area contributed by atoms with Gasteiger partial charge >= 0.3 is 0 Å². The van der Waals surface area contributed by atoms with Crippen molar-refractivity contribution in [1.82, 2.24) is 4.98 Å². The smallest absolute Gasteiger partial charge is 0.152 e. The van der Waals surface area contributed by atoms with E-state index >= 15 is 0 Å². The number of hydrogen-bond donors (Lipinski definition) is 1. The van der Waals surface area contributed by atoms with E-state index in [0.29, 0.717) is 17.7 Å². The third-order valence-corrected chi connectivity index (χ3v) is 2.92. The Morgan fingerprint density at radius 3 is 2.89 bits per heavy atom. The number of halogens is 2. The fourth-order valence-corrected chi connectivity index (χ4v) is 1.94. The maximum Gasteiger partial charge on any atom is 0.152 e. The summed E-state index contributed by atoms with van der Waals surface area (Å²) in [6, 6.07) is 3.98. The largest absolute Gasteiger partial charge is 0.385 e. The quantitative estimate of drug-likeness (QED) is 0.901. The zero-order valence-corrected chi connectivity index (χ0v) is 10.9. The highest BCUT2D eigenvalue weighted by Crippen LogP contribution is 2.25. The first kappa shape index (κ1) is 13.7. The van der Waals surface area contributed by atoms with Crippen LogP contribution in [0.1, 0.15) is 13.3 Å². The van der Waals surface area contributed by atoms with Gasteiger partial charge in [-0.3, -0.25) is 4.98 Å². The number of ether oxygens (including phenoxy) is 1. The van der Waals surface area contributed by atoms with Gasteiger partial charge in [0, 0.05) is 43.1 Å². The molecule has 2 rings (SSSR count). The highest BCUT2D eigenvalue weighted by atomic mass is 19.1. The zero-order chi connectivity index (χ0) is 13.8. The minimum absolute atomic E-state index is 0.136. The van der Waals surface area contributed by atoms with Gasteiger partial charge in [-0.2, -0.15) is 0 Å². The molecule has 0 saturated carbocycles. The summed E-state index contributed by atoms with van der Waals surface area (Å²) in [6.07, 6.45) is 2.31.